The Balaban J connectivity index is 2.02. The van der Waals surface area contributed by atoms with Crippen LogP contribution in [0.3, 0.4) is 0 Å². The fourth-order valence-corrected chi connectivity index (χ4v) is 3.00. The van der Waals surface area contributed by atoms with Crippen LogP contribution in [0.4, 0.5) is 0 Å². The van der Waals surface area contributed by atoms with E-state index >= 15 is 0 Å². The average Bonchev–Trinajstić information content (AvgIpc) is 2.47. The summed E-state index contributed by atoms with van der Waals surface area (Å²) in [6.45, 7) is 10.3. The molecule has 0 radical (unpaired) electrons. The molecule has 2 rings (SSSR count). The zero-order valence-electron chi connectivity index (χ0n) is 12.5. The molecule has 1 aromatic carbocycles. The van der Waals surface area contributed by atoms with Crippen molar-refractivity contribution in [3.63, 3.8) is 0 Å². The third kappa shape index (κ3) is 4.32. The average molecular weight is 260 g/mol. The number of hydrogen-bond donors (Lipinski definition) is 1. The van der Waals surface area contributed by atoms with Gasteiger partial charge in [0.15, 0.2) is 0 Å². The third-order valence-corrected chi connectivity index (χ3v) is 4.37. The first-order valence-electron chi connectivity index (χ1n) is 7.83. The fraction of sp³-hybridized carbons (Fsp3) is 0.647. The standard InChI is InChI=1S/C17H28N2/c1-3-19(4-2)14-17-8-6-5-7-16(17)13-15-9-11-18-12-10-15/h5-8,15,18H,3-4,9-14H2,1-2H3. The molecule has 0 aliphatic carbocycles. The predicted molar refractivity (Wildman–Crippen MR) is 82.4 cm³/mol. The van der Waals surface area contributed by atoms with Gasteiger partial charge in [0, 0.05) is 6.54 Å². The fourth-order valence-electron chi connectivity index (χ4n) is 3.00. The van der Waals surface area contributed by atoms with Crippen LogP contribution in [0, 0.1) is 5.92 Å². The van der Waals surface area contributed by atoms with Crippen LogP contribution < -0.4 is 5.32 Å². The molecule has 1 saturated heterocycles. The summed E-state index contributed by atoms with van der Waals surface area (Å²) in [5.41, 5.74) is 3.10. The van der Waals surface area contributed by atoms with E-state index in [2.05, 4.69) is 48.3 Å². The van der Waals surface area contributed by atoms with Gasteiger partial charge in [0.05, 0.1) is 0 Å². The second-order valence-electron chi connectivity index (χ2n) is 5.63. The van der Waals surface area contributed by atoms with Crippen molar-refractivity contribution in [2.45, 2.75) is 39.7 Å². The Kier molecular flexibility index (Phi) is 5.87. The lowest BCUT2D eigenvalue weighted by Gasteiger charge is -2.25. The number of hydrogen-bond acceptors (Lipinski definition) is 2. The molecule has 2 nitrogen and oxygen atoms in total. The maximum absolute atomic E-state index is 3.46. The SMILES string of the molecule is CCN(CC)Cc1ccccc1CC1CCNCC1. The Morgan fingerprint density at radius 1 is 1.05 bits per heavy atom. The number of benzene rings is 1. The van der Waals surface area contributed by atoms with E-state index in [-0.39, 0.29) is 0 Å². The van der Waals surface area contributed by atoms with Crippen molar-refractivity contribution in [2.75, 3.05) is 26.2 Å². The molecule has 0 atom stereocenters. The first-order valence-corrected chi connectivity index (χ1v) is 7.83. The highest BCUT2D eigenvalue weighted by molar-refractivity contribution is 5.27. The van der Waals surface area contributed by atoms with Gasteiger partial charge in [-0.2, -0.15) is 0 Å². The summed E-state index contributed by atoms with van der Waals surface area (Å²) in [6, 6.07) is 9.03. The van der Waals surface area contributed by atoms with Crippen LogP contribution in [0.15, 0.2) is 24.3 Å². The maximum atomic E-state index is 3.46. The molecule has 0 spiro atoms. The molecule has 1 aromatic rings. The highest BCUT2D eigenvalue weighted by atomic mass is 15.1. The van der Waals surface area contributed by atoms with Gasteiger partial charge in [-0.25, -0.2) is 0 Å². The third-order valence-electron chi connectivity index (χ3n) is 4.37. The summed E-state index contributed by atoms with van der Waals surface area (Å²) < 4.78 is 0. The topological polar surface area (TPSA) is 15.3 Å². The molecule has 0 saturated carbocycles. The van der Waals surface area contributed by atoms with Crippen LogP contribution in [-0.4, -0.2) is 31.1 Å². The molecule has 0 unspecified atom stereocenters. The quantitative estimate of drug-likeness (QED) is 0.845. The molecule has 2 heteroatoms. The second kappa shape index (κ2) is 7.66. The van der Waals surface area contributed by atoms with Crippen LogP contribution in [0.25, 0.3) is 0 Å². The van der Waals surface area contributed by atoms with Crippen LogP contribution in [0.2, 0.25) is 0 Å². The van der Waals surface area contributed by atoms with Crippen molar-refractivity contribution in [3.05, 3.63) is 35.4 Å². The van der Waals surface area contributed by atoms with Gasteiger partial charge in [-0.15, -0.1) is 0 Å². The van der Waals surface area contributed by atoms with E-state index in [9.17, 15) is 0 Å². The van der Waals surface area contributed by atoms with Crippen molar-refractivity contribution in [2.24, 2.45) is 5.92 Å². The molecular weight excluding hydrogens is 232 g/mol. The highest BCUT2D eigenvalue weighted by Crippen LogP contribution is 2.21. The van der Waals surface area contributed by atoms with Crippen molar-refractivity contribution in [1.29, 1.82) is 0 Å². The van der Waals surface area contributed by atoms with Crippen molar-refractivity contribution in [3.8, 4) is 0 Å². The van der Waals surface area contributed by atoms with E-state index < -0.39 is 0 Å². The van der Waals surface area contributed by atoms with E-state index in [1.807, 2.05) is 0 Å². The number of nitrogens with one attached hydrogen (secondary N) is 1. The number of nitrogens with zero attached hydrogens (tertiary/aromatic N) is 1. The Morgan fingerprint density at radius 2 is 1.68 bits per heavy atom. The van der Waals surface area contributed by atoms with Crippen LogP contribution in [0.5, 0.6) is 0 Å². The minimum Gasteiger partial charge on any atom is -0.317 e. The molecule has 1 N–H and O–H groups in total. The maximum Gasteiger partial charge on any atom is 0.0236 e. The van der Waals surface area contributed by atoms with Gasteiger partial charge in [0.25, 0.3) is 0 Å². The molecule has 0 amide bonds. The predicted octanol–water partition coefficient (Wildman–Crippen LogP) is 3.07. The summed E-state index contributed by atoms with van der Waals surface area (Å²) in [5, 5.41) is 3.46. The minimum atomic E-state index is 0.874. The van der Waals surface area contributed by atoms with Crippen molar-refractivity contribution >= 4 is 0 Å². The lowest BCUT2D eigenvalue weighted by Crippen LogP contribution is -2.29. The van der Waals surface area contributed by atoms with Crippen molar-refractivity contribution in [1.82, 2.24) is 10.2 Å². The van der Waals surface area contributed by atoms with Gasteiger partial charge < -0.3 is 5.32 Å². The molecule has 1 aliphatic rings. The normalized spacial score (nSPS) is 17.0. The molecule has 1 heterocycles. The molecule has 0 aromatic heterocycles. The Morgan fingerprint density at radius 3 is 2.32 bits per heavy atom. The van der Waals surface area contributed by atoms with E-state index in [0.29, 0.717) is 0 Å². The lowest BCUT2D eigenvalue weighted by molar-refractivity contribution is 0.293. The summed E-state index contributed by atoms with van der Waals surface area (Å²) in [5.74, 6) is 0.874. The zero-order chi connectivity index (χ0) is 13.5. The first kappa shape index (κ1) is 14.5. The van der Waals surface area contributed by atoms with E-state index in [4.69, 9.17) is 0 Å². The summed E-state index contributed by atoms with van der Waals surface area (Å²) in [7, 11) is 0. The van der Waals surface area contributed by atoms with Gasteiger partial charge in [-0.1, -0.05) is 38.1 Å². The smallest absolute Gasteiger partial charge is 0.0236 e. The Labute approximate surface area is 118 Å². The van der Waals surface area contributed by atoms with Crippen LogP contribution >= 0.6 is 0 Å². The lowest BCUT2D eigenvalue weighted by atomic mass is 9.89. The summed E-state index contributed by atoms with van der Waals surface area (Å²) >= 11 is 0. The first-order chi connectivity index (χ1) is 9.33. The molecule has 1 aliphatic heterocycles. The molecule has 0 bridgehead atoms. The van der Waals surface area contributed by atoms with Gasteiger partial charge in [0.2, 0.25) is 0 Å². The monoisotopic (exact) mass is 260 g/mol. The van der Waals surface area contributed by atoms with Gasteiger partial charge in [0.1, 0.15) is 0 Å². The van der Waals surface area contributed by atoms with Gasteiger partial charge >= 0.3 is 0 Å². The van der Waals surface area contributed by atoms with Gasteiger partial charge in [-0.05, 0) is 62.5 Å². The number of rotatable bonds is 6. The zero-order valence-corrected chi connectivity index (χ0v) is 12.5. The summed E-state index contributed by atoms with van der Waals surface area (Å²) in [6.07, 6.45) is 3.93. The van der Waals surface area contributed by atoms with E-state index in [1.165, 1.54) is 37.9 Å². The largest absolute Gasteiger partial charge is 0.317 e. The van der Waals surface area contributed by atoms with Crippen molar-refractivity contribution < 1.29 is 0 Å². The van der Waals surface area contributed by atoms with Gasteiger partial charge in [-0.3, -0.25) is 4.90 Å². The van der Waals surface area contributed by atoms with Crippen LogP contribution in [0.1, 0.15) is 37.8 Å². The molecule has 1 fully saturated rings. The Bertz CT molecular complexity index is 365. The highest BCUT2D eigenvalue weighted by Gasteiger charge is 2.15. The second-order valence-corrected chi connectivity index (χ2v) is 5.63. The minimum absolute atomic E-state index is 0.874. The van der Waals surface area contributed by atoms with Crippen LogP contribution in [-0.2, 0) is 13.0 Å². The van der Waals surface area contributed by atoms with E-state index in [1.54, 1.807) is 5.56 Å². The summed E-state index contributed by atoms with van der Waals surface area (Å²) in [4.78, 5) is 2.50. The molecular formula is C17H28N2. The Hall–Kier alpha value is -0.860. The molecule has 106 valence electrons. The number of piperidine rings is 1. The molecule has 19 heavy (non-hydrogen) atoms. The van der Waals surface area contributed by atoms with E-state index in [0.717, 1.165) is 25.6 Å².